The number of rotatable bonds is 13. The van der Waals surface area contributed by atoms with Crippen LogP contribution in [0.5, 0.6) is 0 Å². The molecule has 6 aromatic carbocycles. The normalized spacial score (nSPS) is 17.5. The number of aromatic nitrogens is 21. The number of benzene rings is 6. The molecule has 5 atom stereocenters. The lowest BCUT2D eigenvalue weighted by Gasteiger charge is -2.27. The molecule has 9 heterocycles. The predicted molar refractivity (Wildman–Crippen MR) is 477 cm³/mol. The van der Waals surface area contributed by atoms with Crippen LogP contribution in [0.1, 0.15) is 227 Å². The molecule has 2 unspecified atom stereocenters. The first kappa shape index (κ1) is 84.3. The van der Waals surface area contributed by atoms with Crippen LogP contribution in [0.15, 0.2) is 146 Å². The molecule has 20 rings (SSSR count). The molecule has 5 aliphatic carbocycles. The van der Waals surface area contributed by atoms with Crippen LogP contribution < -0.4 is 9.80 Å². The van der Waals surface area contributed by atoms with Crippen LogP contribution in [-0.4, -0.2) is 130 Å². The lowest BCUT2D eigenvalue weighted by Crippen LogP contribution is -2.32. The van der Waals surface area contributed by atoms with Crippen molar-refractivity contribution >= 4 is 23.2 Å². The number of anilines is 2. The van der Waals surface area contributed by atoms with Crippen molar-refractivity contribution in [2.45, 2.75) is 250 Å². The van der Waals surface area contributed by atoms with Crippen molar-refractivity contribution in [3.05, 3.63) is 191 Å². The van der Waals surface area contributed by atoms with Crippen LogP contribution in [0.4, 0.5) is 11.4 Å². The maximum atomic E-state index is 13.2. The number of amides is 2. The van der Waals surface area contributed by atoms with Gasteiger partial charge in [-0.05, 0) is 187 Å². The molecular formula is C96H119N23O2. The molecule has 0 bridgehead atoms. The first-order chi connectivity index (χ1) is 59.4. The Morgan fingerprint density at radius 1 is 0.298 bits per heavy atom. The summed E-state index contributed by atoms with van der Waals surface area (Å²) in [6.07, 6.45) is 23.2. The zero-order valence-electron chi connectivity index (χ0n) is 72.9. The van der Waals surface area contributed by atoms with Gasteiger partial charge in [0.25, 0.3) is 11.8 Å². The Bertz CT molecular complexity index is 5470. The molecule has 25 nitrogen and oxygen atoms in total. The molecule has 630 valence electrons. The third kappa shape index (κ3) is 16.9. The maximum Gasteiger partial charge on any atom is 0.258 e. The number of carbonyl (C=O) groups excluding carboxylic acids is 2. The highest BCUT2D eigenvalue weighted by molar-refractivity contribution is 6.15. The van der Waals surface area contributed by atoms with E-state index in [9.17, 15) is 9.59 Å². The second-order valence-electron chi connectivity index (χ2n) is 32.3. The van der Waals surface area contributed by atoms with Crippen molar-refractivity contribution < 1.29 is 9.59 Å². The van der Waals surface area contributed by atoms with Crippen LogP contribution in [0, 0.1) is 23.7 Å². The molecule has 0 N–H and O–H groups in total. The number of hydrogen-bond donors (Lipinski definition) is 0. The van der Waals surface area contributed by atoms with Crippen molar-refractivity contribution in [3.8, 4) is 90.1 Å². The van der Waals surface area contributed by atoms with Gasteiger partial charge in [0.1, 0.15) is 22.8 Å². The second-order valence-corrected chi connectivity index (χ2v) is 32.3. The third-order valence-corrected chi connectivity index (χ3v) is 25.7. The van der Waals surface area contributed by atoms with Crippen LogP contribution in [0.25, 0.3) is 90.1 Å². The topological polar surface area (TPSA) is 256 Å². The molecule has 7 aromatic heterocycles. The molecule has 1 fully saturated rings. The Hall–Kier alpha value is -11.8. The minimum Gasteiger partial charge on any atom is -0.308 e. The summed E-state index contributed by atoms with van der Waals surface area (Å²) in [6.45, 7) is 32.6. The number of para-hydroxylation sites is 2. The highest BCUT2D eigenvalue weighted by atomic mass is 16.2. The first-order valence-corrected chi connectivity index (χ1v) is 45.1. The van der Waals surface area contributed by atoms with Gasteiger partial charge in [0.2, 0.25) is 0 Å². The summed E-state index contributed by atoms with van der Waals surface area (Å²) in [6, 6.07) is 47.8. The van der Waals surface area contributed by atoms with Gasteiger partial charge in [-0.2, -0.15) is 0 Å². The Labute approximate surface area is 711 Å². The van der Waals surface area contributed by atoms with Crippen molar-refractivity contribution in [2.75, 3.05) is 22.9 Å². The van der Waals surface area contributed by atoms with Gasteiger partial charge in [-0.3, -0.25) is 9.59 Å². The van der Waals surface area contributed by atoms with E-state index >= 15 is 0 Å². The molecule has 0 saturated heterocycles. The maximum absolute atomic E-state index is 13.2. The van der Waals surface area contributed by atoms with E-state index in [-0.39, 0.29) is 11.8 Å². The van der Waals surface area contributed by atoms with Crippen molar-refractivity contribution in [1.29, 1.82) is 0 Å². The average Bonchev–Trinajstić information content (AvgIpc) is 1.63. The second kappa shape index (κ2) is 38.7. The molecule has 13 aromatic rings. The van der Waals surface area contributed by atoms with E-state index in [2.05, 4.69) is 166 Å². The first-order valence-electron chi connectivity index (χ1n) is 45.1. The monoisotopic (exact) mass is 1630 g/mol. The Balaban J connectivity index is 0.000000115. The summed E-state index contributed by atoms with van der Waals surface area (Å²) >= 11 is 0. The lowest BCUT2D eigenvalue weighted by atomic mass is 9.89. The molecule has 0 radical (unpaired) electrons. The van der Waals surface area contributed by atoms with E-state index in [0.29, 0.717) is 43.2 Å². The summed E-state index contributed by atoms with van der Waals surface area (Å²) < 4.78 is 13.9. The van der Waals surface area contributed by atoms with Gasteiger partial charge >= 0.3 is 0 Å². The minimum atomic E-state index is 0.00931. The summed E-state index contributed by atoms with van der Waals surface area (Å²) in [4.78, 5) is 30.0. The Morgan fingerprint density at radius 2 is 0.661 bits per heavy atom. The van der Waals surface area contributed by atoms with Gasteiger partial charge in [0.05, 0.1) is 68.3 Å². The number of fused-ring (bicyclic) bond motifs is 22. The summed E-state index contributed by atoms with van der Waals surface area (Å²) in [5.74, 6) is 4.68. The van der Waals surface area contributed by atoms with Gasteiger partial charge in [0.15, 0.2) is 0 Å². The van der Waals surface area contributed by atoms with Gasteiger partial charge in [-0.15, -0.1) is 35.7 Å². The van der Waals surface area contributed by atoms with Crippen molar-refractivity contribution in [1.82, 2.24) is 105 Å². The Kier molecular flexibility index (Phi) is 27.0. The van der Waals surface area contributed by atoms with E-state index in [1.807, 2.05) is 178 Å². The number of hydrogen-bond acceptors (Lipinski definition) is 16. The quantitative estimate of drug-likeness (QED) is 0.104. The van der Waals surface area contributed by atoms with E-state index in [4.69, 9.17) is 0 Å². The van der Waals surface area contributed by atoms with Gasteiger partial charge < -0.3 is 9.80 Å². The third-order valence-electron chi connectivity index (χ3n) is 25.7. The molecule has 0 spiro atoms. The fourth-order valence-corrected chi connectivity index (χ4v) is 19.4. The average molecular weight is 1630 g/mol. The largest absolute Gasteiger partial charge is 0.308 e. The summed E-state index contributed by atoms with van der Waals surface area (Å²) in [5, 5.41) is 61.2. The van der Waals surface area contributed by atoms with Crippen molar-refractivity contribution in [3.63, 3.8) is 0 Å². The van der Waals surface area contributed by atoms with Gasteiger partial charge in [-0.1, -0.05) is 217 Å². The predicted octanol–water partition coefficient (Wildman–Crippen LogP) is 19.5. The summed E-state index contributed by atoms with van der Waals surface area (Å²) in [5.41, 5.74) is 26.5. The molecule has 25 heteroatoms. The van der Waals surface area contributed by atoms with E-state index in [1.54, 1.807) is 0 Å². The van der Waals surface area contributed by atoms with E-state index in [1.165, 1.54) is 130 Å². The highest BCUT2D eigenvalue weighted by Gasteiger charge is 2.49. The van der Waals surface area contributed by atoms with Crippen LogP contribution >= 0.6 is 0 Å². The minimum absolute atomic E-state index is 0.00931. The fraction of sp³-hybridized carbons (Fsp3) is 0.458. The van der Waals surface area contributed by atoms with Crippen LogP contribution in [0.2, 0.25) is 0 Å². The lowest BCUT2D eigenvalue weighted by molar-refractivity contribution is 0.0981. The number of aryl methyl sites for hydroxylation is 10. The number of carbonyl (C=O) groups is 2. The van der Waals surface area contributed by atoms with Crippen LogP contribution in [-0.2, 0) is 77.9 Å². The van der Waals surface area contributed by atoms with Crippen molar-refractivity contribution in [2.24, 2.45) is 23.7 Å². The molecule has 2 aliphatic heterocycles. The Morgan fingerprint density at radius 3 is 1.08 bits per heavy atom. The molecule has 2 amide bonds. The van der Waals surface area contributed by atoms with Gasteiger partial charge in [0, 0.05) is 120 Å². The molecule has 1 saturated carbocycles. The van der Waals surface area contributed by atoms with E-state index < -0.39 is 0 Å². The van der Waals surface area contributed by atoms with Crippen LogP contribution in [0.3, 0.4) is 0 Å². The van der Waals surface area contributed by atoms with Gasteiger partial charge in [-0.25, -0.2) is 32.8 Å². The zero-order chi connectivity index (χ0) is 84.2. The molecular weight excluding hydrogens is 1510 g/mol. The zero-order valence-corrected chi connectivity index (χ0v) is 72.9. The molecule has 7 aliphatic rings. The summed E-state index contributed by atoms with van der Waals surface area (Å²) in [7, 11) is 0. The standard InChI is InChI=1S/C20H18N6.2C19H18N4O.C14H23N3.2C12H21N3/c1-3-25-19-15-11-7-5-9-13(15)18-20(26(4-2)24-22-18)16-12-8-6-10-14(16)17(19)21-23-25;2*1-3-22-16-12-8-7-11-15(16)17-18(23(4-2)21-20-17)13-9-5-6-10-14(13)19(22)24;1-3-5-10-11-6-8-13-14(9-7-12(10)11)17(4-2)16-15-13;1-3-10-6-5-7-12-11(9-8-10)13-14-15(12)4-2;1-3-10-8-6-5-7-9-11-12(10)15(4-2)14-13-11/h5-12H,3-4H2,1-2H3;2*5-12H,3-4H2,1-2H3;10-12H,3-9H2,1-2H3;2*10H,3-9H2,1-2H3/t;;;10-,11-,12+;;/m...0../s1. The highest BCUT2D eigenvalue weighted by Crippen LogP contribution is 2.55. The van der Waals surface area contributed by atoms with E-state index in [0.717, 1.165) is 177 Å². The fourth-order valence-electron chi connectivity index (χ4n) is 19.4. The number of nitrogens with zero attached hydrogens (tertiary/aromatic N) is 23. The molecule has 121 heavy (non-hydrogen) atoms. The SMILES string of the molecule is CCC1CCCCCc2nnn(CC)c21.CCC1CCCc2c(nnn2CC)CC1.CCC[C@H]1[C@@H]2CCc3nnn(CC)c3CC[C@H]12.CCN1C(=O)c2ccccc2-c2c(nnn2CC)-c2ccccc21.CCN1C(=O)c2ccccc2-c2c(nnn2CC)-c2ccccc21.CCn1nnc2c1-c1ccccc1-c1nnn(CC)c1-c1ccccc1-2. The smallest absolute Gasteiger partial charge is 0.258 e.